The van der Waals surface area contributed by atoms with Crippen molar-refractivity contribution < 1.29 is 35.8 Å². The van der Waals surface area contributed by atoms with Gasteiger partial charge in [0.25, 0.3) is 0 Å². The minimum absolute atomic E-state index is 0.339. The van der Waals surface area contributed by atoms with Crippen LogP contribution in [0.2, 0.25) is 0 Å². The lowest BCUT2D eigenvalue weighted by atomic mass is 9.68. The molecule has 2 nitrogen and oxygen atoms in total. The lowest BCUT2D eigenvalue weighted by Crippen LogP contribution is -2.25. The van der Waals surface area contributed by atoms with E-state index in [2.05, 4.69) is 16.4 Å². The molecule has 0 amide bonds. The van der Waals surface area contributed by atoms with E-state index in [0.29, 0.717) is 18.1 Å². The molecule has 0 spiro atoms. The highest BCUT2D eigenvalue weighted by Gasteiger charge is 2.36. The molecule has 0 unspecified atom stereocenters. The van der Waals surface area contributed by atoms with Gasteiger partial charge >= 0.3 is 12.5 Å². The van der Waals surface area contributed by atoms with Crippen molar-refractivity contribution in [1.82, 2.24) is 0 Å². The Morgan fingerprint density at radius 3 is 1.89 bits per heavy atom. The van der Waals surface area contributed by atoms with Gasteiger partial charge in [0, 0.05) is 6.07 Å². The van der Waals surface area contributed by atoms with Gasteiger partial charge in [-0.25, -0.2) is 4.39 Å². The molecular formula is C29H34F6O2. The average Bonchev–Trinajstić information content (AvgIpc) is 2.86. The highest BCUT2D eigenvalue weighted by atomic mass is 19.4. The van der Waals surface area contributed by atoms with Crippen molar-refractivity contribution in [2.75, 3.05) is 0 Å². The molecule has 0 aromatic heterocycles. The van der Waals surface area contributed by atoms with Gasteiger partial charge in [-0.3, -0.25) is 0 Å². The van der Waals surface area contributed by atoms with Gasteiger partial charge in [-0.15, -0.1) is 13.2 Å². The molecule has 0 aliphatic heterocycles. The molecule has 0 radical (unpaired) electrons. The molecule has 2 aromatic carbocycles. The van der Waals surface area contributed by atoms with Crippen LogP contribution in [0.4, 0.5) is 26.3 Å². The van der Waals surface area contributed by atoms with Gasteiger partial charge in [-0.1, -0.05) is 44.7 Å². The summed E-state index contributed by atoms with van der Waals surface area (Å²) < 4.78 is 88.2. The van der Waals surface area contributed by atoms with E-state index in [1.807, 2.05) is 0 Å². The highest BCUT2D eigenvalue weighted by Crippen LogP contribution is 2.45. The topological polar surface area (TPSA) is 18.5 Å². The summed E-state index contributed by atoms with van der Waals surface area (Å²) in [5.74, 6) is -0.345. The van der Waals surface area contributed by atoms with Crippen molar-refractivity contribution in [2.45, 2.75) is 89.5 Å². The van der Waals surface area contributed by atoms with Crippen LogP contribution in [0.3, 0.4) is 0 Å². The lowest BCUT2D eigenvalue weighted by molar-refractivity contribution is -0.275. The Bertz CT molecular complexity index is 1000. The Morgan fingerprint density at radius 1 is 0.757 bits per heavy atom. The molecule has 4 rings (SSSR count). The standard InChI is InChI=1S/C29H34F6O2/c1-2-3-19-4-6-20(7-5-19)21-8-10-22(11-9-21)23-12-14-24(15-13-23)28(31,32)36-25-16-17-27(26(30)18-25)37-29(33,34)35/h12-22H,2-11H2,1H3. The van der Waals surface area contributed by atoms with E-state index in [1.54, 1.807) is 12.1 Å². The number of rotatable bonds is 8. The van der Waals surface area contributed by atoms with Crippen LogP contribution in [-0.2, 0) is 6.11 Å². The molecule has 0 bridgehead atoms. The summed E-state index contributed by atoms with van der Waals surface area (Å²) in [7, 11) is 0. The molecule has 0 heterocycles. The van der Waals surface area contributed by atoms with Crippen LogP contribution in [0.25, 0.3) is 0 Å². The number of hydrogen-bond acceptors (Lipinski definition) is 2. The lowest BCUT2D eigenvalue weighted by Gasteiger charge is -2.38. The molecule has 2 aliphatic carbocycles. The Kier molecular flexibility index (Phi) is 8.64. The molecular weight excluding hydrogens is 494 g/mol. The second-order valence-electron chi connectivity index (χ2n) is 10.6. The number of halogens is 6. The van der Waals surface area contributed by atoms with Gasteiger partial charge in [-0.2, -0.15) is 8.78 Å². The SMILES string of the molecule is CCCC1CCC(C2CCC(c3ccc(C(F)(F)Oc4ccc(OC(F)(F)F)c(F)c4)cc3)CC2)CC1. The van der Waals surface area contributed by atoms with Crippen LogP contribution in [0.5, 0.6) is 11.5 Å². The molecule has 0 saturated heterocycles. The Morgan fingerprint density at radius 2 is 1.35 bits per heavy atom. The normalized spacial score (nSPS) is 25.1. The second kappa shape index (κ2) is 11.6. The summed E-state index contributed by atoms with van der Waals surface area (Å²) in [6.45, 7) is 2.26. The molecule has 37 heavy (non-hydrogen) atoms. The predicted molar refractivity (Wildman–Crippen MR) is 129 cm³/mol. The number of hydrogen-bond donors (Lipinski definition) is 0. The van der Waals surface area contributed by atoms with Crippen LogP contribution < -0.4 is 9.47 Å². The maximum absolute atomic E-state index is 14.7. The van der Waals surface area contributed by atoms with Crippen molar-refractivity contribution in [3.05, 3.63) is 59.4 Å². The van der Waals surface area contributed by atoms with Gasteiger partial charge in [0.1, 0.15) is 5.75 Å². The van der Waals surface area contributed by atoms with Crippen molar-refractivity contribution in [1.29, 1.82) is 0 Å². The van der Waals surface area contributed by atoms with Crippen LogP contribution in [0.1, 0.15) is 88.2 Å². The third-order valence-electron chi connectivity index (χ3n) is 8.12. The summed E-state index contributed by atoms with van der Waals surface area (Å²) >= 11 is 0. The van der Waals surface area contributed by atoms with Crippen LogP contribution in [-0.4, -0.2) is 6.36 Å². The van der Waals surface area contributed by atoms with Gasteiger partial charge in [0.2, 0.25) is 0 Å². The molecule has 0 atom stereocenters. The Hall–Kier alpha value is -2.38. The summed E-state index contributed by atoms with van der Waals surface area (Å²) in [6, 6.07) is 7.83. The zero-order valence-corrected chi connectivity index (χ0v) is 21.0. The van der Waals surface area contributed by atoms with Crippen molar-refractivity contribution in [2.24, 2.45) is 17.8 Å². The van der Waals surface area contributed by atoms with Gasteiger partial charge in [0.15, 0.2) is 11.6 Å². The molecule has 2 aromatic rings. The third kappa shape index (κ3) is 7.35. The first-order chi connectivity index (χ1) is 17.5. The largest absolute Gasteiger partial charge is 0.573 e. The Labute approximate surface area is 214 Å². The first kappa shape index (κ1) is 27.6. The van der Waals surface area contributed by atoms with E-state index < -0.39 is 35.4 Å². The minimum Gasteiger partial charge on any atom is -0.429 e. The van der Waals surface area contributed by atoms with Crippen LogP contribution in [0, 0.1) is 23.6 Å². The van der Waals surface area contributed by atoms with E-state index >= 15 is 0 Å². The van der Waals surface area contributed by atoms with E-state index in [0.717, 1.165) is 42.2 Å². The molecule has 204 valence electrons. The summed E-state index contributed by atoms with van der Waals surface area (Å²) in [6.07, 6.45) is 3.58. The molecule has 2 aliphatic rings. The number of benzene rings is 2. The fourth-order valence-electron chi connectivity index (χ4n) is 6.19. The van der Waals surface area contributed by atoms with Crippen molar-refractivity contribution in [3.63, 3.8) is 0 Å². The first-order valence-corrected chi connectivity index (χ1v) is 13.3. The van der Waals surface area contributed by atoms with Crippen molar-refractivity contribution in [3.8, 4) is 11.5 Å². The van der Waals surface area contributed by atoms with Crippen LogP contribution >= 0.6 is 0 Å². The van der Waals surface area contributed by atoms with Gasteiger partial charge in [-0.05, 0) is 92.0 Å². The van der Waals surface area contributed by atoms with E-state index in [4.69, 9.17) is 0 Å². The Balaban J connectivity index is 1.31. The minimum atomic E-state index is -5.10. The zero-order chi connectivity index (χ0) is 26.6. The zero-order valence-electron chi connectivity index (χ0n) is 21.0. The molecule has 0 N–H and O–H groups in total. The first-order valence-electron chi connectivity index (χ1n) is 13.3. The van der Waals surface area contributed by atoms with Gasteiger partial charge in [0.05, 0.1) is 5.56 Å². The smallest absolute Gasteiger partial charge is 0.429 e. The third-order valence-corrected chi connectivity index (χ3v) is 8.12. The second-order valence-corrected chi connectivity index (χ2v) is 10.6. The van der Waals surface area contributed by atoms with E-state index in [-0.39, 0.29) is 0 Å². The summed E-state index contributed by atoms with van der Waals surface area (Å²) in [5, 5.41) is 0. The highest BCUT2D eigenvalue weighted by molar-refractivity contribution is 5.34. The molecule has 2 saturated carbocycles. The van der Waals surface area contributed by atoms with Gasteiger partial charge < -0.3 is 9.47 Å². The summed E-state index contributed by atoms with van der Waals surface area (Å²) in [5.41, 5.74) is 0.606. The number of alkyl halides is 5. The fraction of sp³-hybridized carbons (Fsp3) is 0.586. The predicted octanol–water partition coefficient (Wildman–Crippen LogP) is 9.73. The summed E-state index contributed by atoms with van der Waals surface area (Å²) in [4.78, 5) is 0. The van der Waals surface area contributed by atoms with E-state index in [1.165, 1.54) is 63.5 Å². The van der Waals surface area contributed by atoms with Crippen LogP contribution in [0.15, 0.2) is 42.5 Å². The monoisotopic (exact) mass is 528 g/mol. The average molecular weight is 529 g/mol. The fourth-order valence-corrected chi connectivity index (χ4v) is 6.19. The van der Waals surface area contributed by atoms with E-state index in [9.17, 15) is 26.3 Å². The maximum atomic E-state index is 14.7. The number of ether oxygens (including phenoxy) is 2. The molecule has 2 fully saturated rings. The molecule has 8 heteroatoms. The quantitative estimate of drug-likeness (QED) is 0.318. The maximum Gasteiger partial charge on any atom is 0.573 e. The van der Waals surface area contributed by atoms with Crippen molar-refractivity contribution >= 4 is 0 Å².